The molecule has 1 aliphatic heterocycles. The number of nitrogens with zero attached hydrogens (tertiary/aromatic N) is 2. The van der Waals surface area contributed by atoms with Crippen molar-refractivity contribution in [1.29, 1.82) is 0 Å². The van der Waals surface area contributed by atoms with Crippen molar-refractivity contribution >= 4 is 35.1 Å². The number of hydrogen-bond donors (Lipinski definition) is 1. The number of carbonyl (C=O) groups is 1. The van der Waals surface area contributed by atoms with Gasteiger partial charge in [-0.05, 0) is 35.9 Å². The molecular weight excluding hydrogens is 373 g/mol. The average molecular weight is 392 g/mol. The Morgan fingerprint density at radius 2 is 2.00 bits per heavy atom. The molecule has 1 amide bonds. The van der Waals surface area contributed by atoms with Crippen LogP contribution in [0.2, 0.25) is 5.02 Å². The fraction of sp³-hybridized carbons (Fsp3) is 0.263. The highest BCUT2D eigenvalue weighted by molar-refractivity contribution is 6.31. The van der Waals surface area contributed by atoms with Crippen molar-refractivity contribution in [2.45, 2.75) is 0 Å². The zero-order valence-electron chi connectivity index (χ0n) is 14.5. The van der Waals surface area contributed by atoms with Crippen LogP contribution in [0, 0.1) is 5.82 Å². The van der Waals surface area contributed by atoms with Gasteiger partial charge in [-0.15, -0.1) is 0 Å². The maximum Gasteiger partial charge on any atom is 0.265 e. The summed E-state index contributed by atoms with van der Waals surface area (Å²) in [6.07, 6.45) is 1.53. The van der Waals surface area contributed by atoms with Gasteiger partial charge in [0.15, 0.2) is 6.61 Å². The molecule has 0 radical (unpaired) electrons. The second-order valence-corrected chi connectivity index (χ2v) is 6.28. The highest BCUT2D eigenvalue weighted by Gasteiger charge is 2.10. The molecule has 0 unspecified atom stereocenters. The Kier molecular flexibility index (Phi) is 6.62. The summed E-state index contributed by atoms with van der Waals surface area (Å²) in [5, 5.41) is 6.28. The maximum atomic E-state index is 13.1. The van der Waals surface area contributed by atoms with E-state index < -0.39 is 11.7 Å². The Balaban J connectivity index is 1.44. The summed E-state index contributed by atoms with van der Waals surface area (Å²) in [4.78, 5) is 19.0. The van der Waals surface area contributed by atoms with Gasteiger partial charge in [0.05, 0.1) is 24.5 Å². The first-order chi connectivity index (χ1) is 13.1. The molecule has 1 saturated heterocycles. The fourth-order valence-corrected chi connectivity index (χ4v) is 2.74. The Morgan fingerprint density at radius 1 is 1.26 bits per heavy atom. The predicted octanol–water partition coefficient (Wildman–Crippen LogP) is 3.30. The van der Waals surface area contributed by atoms with Crippen LogP contribution in [0.4, 0.5) is 15.8 Å². The Hall–Kier alpha value is -2.64. The molecule has 8 heteroatoms. The van der Waals surface area contributed by atoms with Crippen LogP contribution in [0.1, 0.15) is 5.56 Å². The van der Waals surface area contributed by atoms with E-state index in [0.29, 0.717) is 5.69 Å². The number of morpholine rings is 1. The normalized spacial score (nSPS) is 14.4. The minimum Gasteiger partial charge on any atom is -0.386 e. The number of anilines is 2. The highest BCUT2D eigenvalue weighted by atomic mass is 35.5. The van der Waals surface area contributed by atoms with Gasteiger partial charge in [0, 0.05) is 24.5 Å². The first-order valence-electron chi connectivity index (χ1n) is 8.45. The summed E-state index contributed by atoms with van der Waals surface area (Å²) in [6.45, 7) is 2.97. The van der Waals surface area contributed by atoms with Crippen molar-refractivity contribution in [3.63, 3.8) is 0 Å². The van der Waals surface area contributed by atoms with Gasteiger partial charge in [-0.2, -0.15) is 0 Å². The van der Waals surface area contributed by atoms with E-state index in [1.165, 1.54) is 24.4 Å². The van der Waals surface area contributed by atoms with Crippen LogP contribution in [0.5, 0.6) is 0 Å². The molecule has 3 rings (SSSR count). The van der Waals surface area contributed by atoms with Crippen LogP contribution >= 0.6 is 11.6 Å². The van der Waals surface area contributed by atoms with E-state index in [4.69, 9.17) is 21.2 Å². The molecule has 1 fully saturated rings. The summed E-state index contributed by atoms with van der Waals surface area (Å²) in [5.41, 5.74) is 2.38. The molecule has 0 aromatic heterocycles. The van der Waals surface area contributed by atoms with Crippen LogP contribution in [0.3, 0.4) is 0 Å². The number of nitrogens with one attached hydrogen (secondary N) is 1. The third-order valence-electron chi connectivity index (χ3n) is 3.94. The molecule has 2 aromatic rings. The molecule has 1 N–H and O–H groups in total. The monoisotopic (exact) mass is 391 g/mol. The van der Waals surface area contributed by atoms with E-state index in [1.807, 2.05) is 24.3 Å². The van der Waals surface area contributed by atoms with Crippen LogP contribution in [-0.4, -0.2) is 45.0 Å². The van der Waals surface area contributed by atoms with E-state index in [2.05, 4.69) is 15.4 Å². The zero-order valence-corrected chi connectivity index (χ0v) is 15.3. The van der Waals surface area contributed by atoms with Gasteiger partial charge in [0.2, 0.25) is 0 Å². The van der Waals surface area contributed by atoms with Gasteiger partial charge in [-0.1, -0.05) is 28.9 Å². The van der Waals surface area contributed by atoms with Gasteiger partial charge in [0.25, 0.3) is 5.91 Å². The summed E-state index contributed by atoms with van der Waals surface area (Å²) in [7, 11) is 0. The quantitative estimate of drug-likeness (QED) is 0.606. The van der Waals surface area contributed by atoms with Crippen molar-refractivity contribution in [2.75, 3.05) is 43.1 Å². The number of benzene rings is 2. The Bertz CT molecular complexity index is 808. The molecule has 6 nitrogen and oxygen atoms in total. The van der Waals surface area contributed by atoms with Crippen molar-refractivity contribution in [3.05, 3.63) is 58.9 Å². The lowest BCUT2D eigenvalue weighted by atomic mass is 10.2. The van der Waals surface area contributed by atoms with Crippen molar-refractivity contribution in [3.8, 4) is 0 Å². The van der Waals surface area contributed by atoms with Crippen molar-refractivity contribution in [1.82, 2.24) is 0 Å². The lowest BCUT2D eigenvalue weighted by molar-refractivity contribution is -0.120. The van der Waals surface area contributed by atoms with Gasteiger partial charge in [-0.25, -0.2) is 4.39 Å². The Labute approximate surface area is 161 Å². The first-order valence-corrected chi connectivity index (χ1v) is 8.82. The number of ether oxygens (including phenoxy) is 1. The molecule has 142 valence electrons. The standard InChI is InChI=1S/C19H19ClFN3O3/c20-17-11-15(3-6-18(17)21)23-19(25)13-27-22-12-14-1-4-16(5-2-14)24-7-9-26-10-8-24/h1-6,11-12H,7-10,13H2,(H,23,25). The maximum absolute atomic E-state index is 13.1. The van der Waals surface area contributed by atoms with E-state index in [-0.39, 0.29) is 11.6 Å². The topological polar surface area (TPSA) is 63.2 Å². The highest BCUT2D eigenvalue weighted by Crippen LogP contribution is 2.19. The smallest absolute Gasteiger partial charge is 0.265 e. The van der Waals surface area contributed by atoms with Gasteiger partial charge >= 0.3 is 0 Å². The average Bonchev–Trinajstić information content (AvgIpc) is 2.69. The van der Waals surface area contributed by atoms with Gasteiger partial charge in [0.1, 0.15) is 5.82 Å². The number of amides is 1. The minimum absolute atomic E-state index is 0.0627. The zero-order chi connectivity index (χ0) is 19.1. The number of carbonyl (C=O) groups excluding carboxylic acids is 1. The molecule has 1 heterocycles. The summed E-state index contributed by atoms with van der Waals surface area (Å²) in [6, 6.07) is 11.8. The van der Waals surface area contributed by atoms with Crippen LogP contribution < -0.4 is 10.2 Å². The largest absolute Gasteiger partial charge is 0.386 e. The van der Waals surface area contributed by atoms with Gasteiger partial charge < -0.3 is 19.8 Å². The van der Waals surface area contributed by atoms with E-state index in [1.54, 1.807) is 0 Å². The third kappa shape index (κ3) is 5.67. The third-order valence-corrected chi connectivity index (χ3v) is 4.23. The second kappa shape index (κ2) is 9.34. The molecule has 0 aliphatic carbocycles. The first kappa shape index (κ1) is 19.1. The SMILES string of the molecule is O=C(CON=Cc1ccc(N2CCOCC2)cc1)Nc1ccc(F)c(Cl)c1. The number of oxime groups is 1. The van der Waals surface area contributed by atoms with Crippen LogP contribution in [0.15, 0.2) is 47.6 Å². The number of rotatable bonds is 6. The minimum atomic E-state index is -0.546. The number of hydrogen-bond acceptors (Lipinski definition) is 5. The summed E-state index contributed by atoms with van der Waals surface area (Å²) in [5.74, 6) is -0.965. The lowest BCUT2D eigenvalue weighted by Gasteiger charge is -2.28. The second-order valence-electron chi connectivity index (χ2n) is 5.88. The van der Waals surface area contributed by atoms with E-state index >= 15 is 0 Å². The van der Waals surface area contributed by atoms with Crippen molar-refractivity contribution < 1.29 is 18.8 Å². The summed E-state index contributed by atoms with van der Waals surface area (Å²) < 4.78 is 18.4. The molecular formula is C19H19ClFN3O3. The molecule has 27 heavy (non-hydrogen) atoms. The van der Waals surface area contributed by atoms with Crippen molar-refractivity contribution in [2.24, 2.45) is 5.16 Å². The molecule has 0 bridgehead atoms. The van der Waals surface area contributed by atoms with Crippen LogP contribution in [-0.2, 0) is 14.4 Å². The molecule has 0 atom stereocenters. The predicted molar refractivity (Wildman–Crippen MR) is 103 cm³/mol. The lowest BCUT2D eigenvalue weighted by Crippen LogP contribution is -2.36. The number of halogens is 2. The van der Waals surface area contributed by atoms with E-state index in [0.717, 1.165) is 37.6 Å². The molecule has 0 spiro atoms. The molecule has 0 saturated carbocycles. The Morgan fingerprint density at radius 3 is 2.70 bits per heavy atom. The summed E-state index contributed by atoms with van der Waals surface area (Å²) >= 11 is 5.66. The van der Waals surface area contributed by atoms with E-state index in [9.17, 15) is 9.18 Å². The molecule has 2 aromatic carbocycles. The van der Waals surface area contributed by atoms with Gasteiger partial charge in [-0.3, -0.25) is 4.79 Å². The van der Waals surface area contributed by atoms with Crippen LogP contribution in [0.25, 0.3) is 0 Å². The molecule has 1 aliphatic rings. The fourth-order valence-electron chi connectivity index (χ4n) is 2.56.